The zero-order valence-electron chi connectivity index (χ0n) is 13.0. The Hall–Kier alpha value is -1.77. The van der Waals surface area contributed by atoms with Gasteiger partial charge in [-0.05, 0) is 61.1 Å². The van der Waals surface area contributed by atoms with Crippen molar-refractivity contribution in [1.82, 2.24) is 10.3 Å². The molecule has 0 aliphatic heterocycles. The zero-order valence-corrected chi connectivity index (χ0v) is 14.6. The predicted octanol–water partition coefficient (Wildman–Crippen LogP) is 2.64. The van der Waals surface area contributed by atoms with Crippen LogP contribution in [0.4, 0.5) is 4.39 Å². The van der Waals surface area contributed by atoms with Crippen molar-refractivity contribution < 1.29 is 17.6 Å². The number of hydrogen-bond acceptors (Lipinski definition) is 4. The lowest BCUT2D eigenvalue weighted by molar-refractivity contribution is 0.0949. The van der Waals surface area contributed by atoms with Gasteiger partial charge in [-0.25, -0.2) is 12.8 Å². The molecule has 0 spiro atoms. The maximum atomic E-state index is 12.9. The van der Waals surface area contributed by atoms with Gasteiger partial charge in [0.05, 0.1) is 9.77 Å². The summed E-state index contributed by atoms with van der Waals surface area (Å²) in [5, 5.41) is 0. The third-order valence-corrected chi connectivity index (χ3v) is 6.48. The summed E-state index contributed by atoms with van der Waals surface area (Å²) in [6.45, 7) is 2.18. The Morgan fingerprint density at radius 1 is 1.29 bits per heavy atom. The Labute approximate surface area is 143 Å². The van der Waals surface area contributed by atoms with E-state index in [0.29, 0.717) is 10.8 Å². The van der Waals surface area contributed by atoms with Gasteiger partial charge in [-0.3, -0.25) is 10.2 Å². The van der Waals surface area contributed by atoms with E-state index in [1.165, 1.54) is 21.8 Å². The van der Waals surface area contributed by atoms with Gasteiger partial charge in [0.25, 0.3) is 15.9 Å². The van der Waals surface area contributed by atoms with E-state index >= 15 is 0 Å². The number of fused-ring (bicyclic) bond motifs is 1. The number of carbonyl (C=O) groups excluding carboxylic acids is 1. The molecule has 0 saturated heterocycles. The number of rotatable bonds is 4. The van der Waals surface area contributed by atoms with E-state index in [-0.39, 0.29) is 4.90 Å². The number of benzene rings is 1. The van der Waals surface area contributed by atoms with Crippen molar-refractivity contribution in [3.05, 3.63) is 51.5 Å². The first-order chi connectivity index (χ1) is 11.3. The SMILES string of the molecule is C[C@H]1CCc2sc(C(=O)NNS(=O)(=O)c3ccc(F)cc3)cc2C1. The lowest BCUT2D eigenvalue weighted by Crippen LogP contribution is -2.41. The summed E-state index contributed by atoms with van der Waals surface area (Å²) in [5.74, 6) is -0.427. The molecule has 24 heavy (non-hydrogen) atoms. The Morgan fingerprint density at radius 3 is 2.71 bits per heavy atom. The number of halogens is 1. The lowest BCUT2D eigenvalue weighted by Gasteiger charge is -2.16. The van der Waals surface area contributed by atoms with Crippen LogP contribution in [0.3, 0.4) is 0 Å². The normalized spacial score (nSPS) is 17.3. The number of hydrazine groups is 1. The number of amides is 1. The summed E-state index contributed by atoms with van der Waals surface area (Å²) in [4.78, 5) is 15.8. The Bertz CT molecular complexity index is 860. The summed E-state index contributed by atoms with van der Waals surface area (Å²) in [6.07, 6.45) is 3.00. The fourth-order valence-corrected chi connectivity index (χ4v) is 4.61. The first-order valence-corrected chi connectivity index (χ1v) is 9.84. The molecule has 1 aromatic carbocycles. The van der Waals surface area contributed by atoms with Crippen LogP contribution in [-0.4, -0.2) is 14.3 Å². The average molecular weight is 368 g/mol. The van der Waals surface area contributed by atoms with E-state index in [2.05, 4.69) is 12.3 Å². The van der Waals surface area contributed by atoms with Crippen LogP contribution >= 0.6 is 11.3 Å². The molecule has 2 aromatic rings. The molecule has 1 atom stereocenters. The number of sulfonamides is 1. The van der Waals surface area contributed by atoms with Crippen molar-refractivity contribution in [2.75, 3.05) is 0 Å². The maximum absolute atomic E-state index is 12.9. The van der Waals surface area contributed by atoms with Crippen LogP contribution in [0.15, 0.2) is 35.2 Å². The van der Waals surface area contributed by atoms with Crippen LogP contribution in [0.5, 0.6) is 0 Å². The highest BCUT2D eigenvalue weighted by atomic mass is 32.2. The second kappa shape index (κ2) is 6.62. The quantitative estimate of drug-likeness (QED) is 0.815. The highest BCUT2D eigenvalue weighted by molar-refractivity contribution is 7.89. The largest absolute Gasteiger partial charge is 0.276 e. The van der Waals surface area contributed by atoms with Crippen molar-refractivity contribution in [1.29, 1.82) is 0 Å². The Morgan fingerprint density at radius 2 is 2.00 bits per heavy atom. The number of carbonyl (C=O) groups is 1. The predicted molar refractivity (Wildman–Crippen MR) is 89.7 cm³/mol. The number of nitrogens with one attached hydrogen (secondary N) is 2. The minimum absolute atomic E-state index is 0.122. The molecule has 8 heteroatoms. The second-order valence-corrected chi connectivity index (χ2v) is 8.74. The van der Waals surface area contributed by atoms with Gasteiger partial charge in [-0.2, -0.15) is 0 Å². The molecule has 0 saturated carbocycles. The van der Waals surface area contributed by atoms with Gasteiger partial charge < -0.3 is 0 Å². The first kappa shape index (κ1) is 17.1. The molecule has 128 valence electrons. The fourth-order valence-electron chi connectivity index (χ4n) is 2.67. The molecule has 0 radical (unpaired) electrons. The minimum atomic E-state index is -3.93. The molecule has 3 rings (SSSR count). The molecular formula is C16H17FN2O3S2. The molecular weight excluding hydrogens is 351 g/mol. The van der Waals surface area contributed by atoms with E-state index in [0.717, 1.165) is 43.5 Å². The van der Waals surface area contributed by atoms with E-state index in [9.17, 15) is 17.6 Å². The van der Waals surface area contributed by atoms with Crippen LogP contribution in [0.25, 0.3) is 0 Å². The summed E-state index contributed by atoms with van der Waals surface area (Å²) in [5.41, 5.74) is 3.38. The molecule has 1 amide bonds. The van der Waals surface area contributed by atoms with Crippen molar-refractivity contribution in [3.8, 4) is 0 Å². The maximum Gasteiger partial charge on any atom is 0.276 e. The second-order valence-electron chi connectivity index (χ2n) is 5.92. The average Bonchev–Trinajstić information content (AvgIpc) is 2.96. The molecule has 1 aliphatic rings. The first-order valence-electron chi connectivity index (χ1n) is 7.54. The molecule has 1 aliphatic carbocycles. The van der Waals surface area contributed by atoms with Crippen LogP contribution in [0, 0.1) is 11.7 Å². The van der Waals surface area contributed by atoms with E-state index in [1.807, 2.05) is 10.9 Å². The highest BCUT2D eigenvalue weighted by Gasteiger charge is 2.22. The van der Waals surface area contributed by atoms with Gasteiger partial charge in [0.15, 0.2) is 0 Å². The standard InChI is InChI=1S/C16H17FN2O3S2/c1-10-2-7-14-11(8-10)9-15(23-14)16(20)18-19-24(21,22)13-5-3-12(17)4-6-13/h3-6,9-10,19H,2,7-8H2,1H3,(H,18,20)/t10-/m0/s1. The van der Waals surface area contributed by atoms with Gasteiger partial charge in [-0.1, -0.05) is 6.92 Å². The third kappa shape index (κ3) is 3.66. The van der Waals surface area contributed by atoms with Crippen LogP contribution in [0.1, 0.15) is 33.5 Å². The summed E-state index contributed by atoms with van der Waals surface area (Å²) in [7, 11) is -3.93. The molecule has 1 heterocycles. The monoisotopic (exact) mass is 368 g/mol. The van der Waals surface area contributed by atoms with Crippen LogP contribution in [0.2, 0.25) is 0 Å². The Kier molecular flexibility index (Phi) is 4.71. The topological polar surface area (TPSA) is 75.3 Å². The lowest BCUT2D eigenvalue weighted by atomic mass is 9.90. The van der Waals surface area contributed by atoms with Crippen molar-refractivity contribution in [2.45, 2.75) is 31.1 Å². The summed E-state index contributed by atoms with van der Waals surface area (Å²) < 4.78 is 37.0. The van der Waals surface area contributed by atoms with Crippen molar-refractivity contribution in [3.63, 3.8) is 0 Å². The molecule has 1 aromatic heterocycles. The van der Waals surface area contributed by atoms with E-state index in [4.69, 9.17) is 0 Å². The van der Waals surface area contributed by atoms with E-state index in [1.54, 1.807) is 0 Å². The Balaban J connectivity index is 1.68. The zero-order chi connectivity index (χ0) is 17.3. The van der Waals surface area contributed by atoms with Gasteiger partial charge in [0.2, 0.25) is 0 Å². The highest BCUT2D eigenvalue weighted by Crippen LogP contribution is 2.32. The molecule has 0 bridgehead atoms. The van der Waals surface area contributed by atoms with Crippen molar-refractivity contribution in [2.24, 2.45) is 5.92 Å². The van der Waals surface area contributed by atoms with Gasteiger partial charge >= 0.3 is 0 Å². The molecule has 5 nitrogen and oxygen atoms in total. The number of hydrogen-bond donors (Lipinski definition) is 2. The number of aryl methyl sites for hydroxylation is 1. The number of thiophene rings is 1. The van der Waals surface area contributed by atoms with Crippen molar-refractivity contribution >= 4 is 27.3 Å². The van der Waals surface area contributed by atoms with Crippen LogP contribution < -0.4 is 10.3 Å². The van der Waals surface area contributed by atoms with E-state index < -0.39 is 21.7 Å². The van der Waals surface area contributed by atoms with Gasteiger partial charge in [0, 0.05) is 4.88 Å². The molecule has 0 unspecified atom stereocenters. The summed E-state index contributed by atoms with van der Waals surface area (Å²) >= 11 is 1.40. The smallest absolute Gasteiger partial charge is 0.273 e. The molecule has 2 N–H and O–H groups in total. The third-order valence-electron chi connectivity index (χ3n) is 3.98. The minimum Gasteiger partial charge on any atom is -0.273 e. The van der Waals surface area contributed by atoms with Gasteiger partial charge in [0.1, 0.15) is 5.82 Å². The van der Waals surface area contributed by atoms with Gasteiger partial charge in [-0.15, -0.1) is 16.2 Å². The van der Waals surface area contributed by atoms with Crippen LogP contribution in [-0.2, 0) is 22.9 Å². The fraction of sp³-hybridized carbons (Fsp3) is 0.312. The summed E-state index contributed by atoms with van der Waals surface area (Å²) in [6, 6.07) is 6.19. The molecule has 0 fully saturated rings.